The molecule has 1 unspecified atom stereocenters. The van der Waals surface area contributed by atoms with Crippen LogP contribution in [0, 0.1) is 6.92 Å². The van der Waals surface area contributed by atoms with Gasteiger partial charge in [0.1, 0.15) is 11.5 Å². The van der Waals surface area contributed by atoms with Gasteiger partial charge in [-0.3, -0.25) is 0 Å². The molecule has 1 atom stereocenters. The highest BCUT2D eigenvalue weighted by Gasteiger charge is 2.12. The fourth-order valence-electron chi connectivity index (χ4n) is 1.76. The average molecular weight is 285 g/mol. The van der Waals surface area contributed by atoms with E-state index in [2.05, 4.69) is 0 Å². The number of halogens is 2. The molecule has 0 saturated carbocycles. The smallest absolute Gasteiger partial charge is 0.135 e. The van der Waals surface area contributed by atoms with Gasteiger partial charge in [-0.25, -0.2) is 0 Å². The number of aliphatic hydroxyl groups excluding tert-OH is 1. The van der Waals surface area contributed by atoms with Crippen molar-refractivity contribution < 1.29 is 9.52 Å². The van der Waals surface area contributed by atoms with E-state index in [0.717, 1.165) is 16.9 Å². The van der Waals surface area contributed by atoms with Crippen LogP contribution in [0.2, 0.25) is 10.0 Å². The molecule has 0 amide bonds. The van der Waals surface area contributed by atoms with E-state index in [1.807, 2.05) is 25.1 Å². The van der Waals surface area contributed by atoms with E-state index in [4.69, 9.17) is 27.6 Å². The van der Waals surface area contributed by atoms with Crippen LogP contribution in [-0.2, 0) is 6.42 Å². The van der Waals surface area contributed by atoms with Crippen molar-refractivity contribution >= 4 is 23.2 Å². The lowest BCUT2D eigenvalue weighted by atomic mass is 10.1. The van der Waals surface area contributed by atoms with E-state index in [9.17, 15) is 5.11 Å². The second-order valence-electron chi connectivity index (χ2n) is 4.40. The molecule has 4 heteroatoms. The van der Waals surface area contributed by atoms with Gasteiger partial charge in [-0.05, 0) is 43.7 Å². The maximum absolute atomic E-state index is 9.31. The molecule has 0 fully saturated rings. The standard InChI is InChI=1S/C14H14Cl2O2/c1-8-5-13(16)11(7-12(8)15)14-4-3-10(18-14)6-9(2)17/h3-5,7,9,17H,6H2,1-2H3. The molecule has 0 aliphatic rings. The maximum Gasteiger partial charge on any atom is 0.135 e. The second-order valence-corrected chi connectivity index (χ2v) is 5.21. The molecule has 0 radical (unpaired) electrons. The Bertz CT molecular complexity index is 559. The highest BCUT2D eigenvalue weighted by atomic mass is 35.5. The van der Waals surface area contributed by atoms with Crippen molar-refractivity contribution in [1.82, 2.24) is 0 Å². The summed E-state index contributed by atoms with van der Waals surface area (Å²) >= 11 is 12.3. The number of hydrogen-bond donors (Lipinski definition) is 1. The van der Waals surface area contributed by atoms with Crippen molar-refractivity contribution in [2.45, 2.75) is 26.4 Å². The summed E-state index contributed by atoms with van der Waals surface area (Å²) in [6.45, 7) is 3.62. The van der Waals surface area contributed by atoms with E-state index >= 15 is 0 Å². The molecule has 2 rings (SSSR count). The van der Waals surface area contributed by atoms with Gasteiger partial charge in [0.2, 0.25) is 0 Å². The van der Waals surface area contributed by atoms with Crippen LogP contribution in [0.15, 0.2) is 28.7 Å². The van der Waals surface area contributed by atoms with Gasteiger partial charge in [0.15, 0.2) is 0 Å². The summed E-state index contributed by atoms with van der Waals surface area (Å²) in [5.41, 5.74) is 1.70. The van der Waals surface area contributed by atoms with Crippen molar-refractivity contribution in [3.8, 4) is 11.3 Å². The zero-order valence-corrected chi connectivity index (χ0v) is 11.7. The summed E-state index contributed by atoms with van der Waals surface area (Å²) in [5, 5.41) is 10.6. The van der Waals surface area contributed by atoms with E-state index in [1.54, 1.807) is 13.0 Å². The lowest BCUT2D eigenvalue weighted by Crippen LogP contribution is -2.02. The van der Waals surface area contributed by atoms with Gasteiger partial charge < -0.3 is 9.52 Å². The molecular formula is C14H14Cl2O2. The van der Waals surface area contributed by atoms with Gasteiger partial charge in [0.05, 0.1) is 11.1 Å². The number of aliphatic hydroxyl groups is 1. The lowest BCUT2D eigenvalue weighted by Gasteiger charge is -2.05. The molecule has 1 aromatic carbocycles. The Balaban J connectivity index is 2.37. The molecule has 1 heterocycles. The van der Waals surface area contributed by atoms with Gasteiger partial charge >= 0.3 is 0 Å². The van der Waals surface area contributed by atoms with Crippen molar-refractivity contribution in [2.75, 3.05) is 0 Å². The average Bonchev–Trinajstić information content (AvgIpc) is 2.70. The van der Waals surface area contributed by atoms with Crippen molar-refractivity contribution in [3.63, 3.8) is 0 Å². The minimum Gasteiger partial charge on any atom is -0.461 e. The minimum absolute atomic E-state index is 0.430. The quantitative estimate of drug-likeness (QED) is 0.901. The van der Waals surface area contributed by atoms with Crippen molar-refractivity contribution in [1.29, 1.82) is 0 Å². The van der Waals surface area contributed by atoms with Crippen LogP contribution in [0.1, 0.15) is 18.2 Å². The van der Waals surface area contributed by atoms with E-state index in [1.165, 1.54) is 0 Å². The molecule has 0 bridgehead atoms. The molecular weight excluding hydrogens is 271 g/mol. The molecule has 1 aromatic heterocycles. The Morgan fingerprint density at radius 1 is 1.22 bits per heavy atom. The largest absolute Gasteiger partial charge is 0.461 e. The number of benzene rings is 1. The molecule has 18 heavy (non-hydrogen) atoms. The zero-order valence-electron chi connectivity index (χ0n) is 10.2. The first-order chi connectivity index (χ1) is 8.47. The number of hydrogen-bond acceptors (Lipinski definition) is 2. The topological polar surface area (TPSA) is 33.4 Å². The van der Waals surface area contributed by atoms with Crippen LogP contribution >= 0.6 is 23.2 Å². The first-order valence-corrected chi connectivity index (χ1v) is 6.45. The van der Waals surface area contributed by atoms with Crippen molar-refractivity contribution in [2.24, 2.45) is 0 Å². The van der Waals surface area contributed by atoms with Crippen LogP contribution in [-0.4, -0.2) is 11.2 Å². The second kappa shape index (κ2) is 5.35. The molecule has 0 aliphatic carbocycles. The summed E-state index contributed by atoms with van der Waals surface area (Å²) in [5.74, 6) is 1.39. The van der Waals surface area contributed by atoms with Gasteiger partial charge in [0, 0.05) is 17.0 Å². The molecule has 0 saturated heterocycles. The molecule has 0 aliphatic heterocycles. The molecule has 96 valence electrons. The Kier molecular flexibility index (Phi) is 4.00. The van der Waals surface area contributed by atoms with Crippen LogP contribution in [0.3, 0.4) is 0 Å². The summed E-state index contributed by atoms with van der Waals surface area (Å²) in [7, 11) is 0. The summed E-state index contributed by atoms with van der Waals surface area (Å²) in [6, 6.07) is 7.29. The first kappa shape index (κ1) is 13.5. The number of aryl methyl sites for hydroxylation is 1. The van der Waals surface area contributed by atoms with Crippen LogP contribution in [0.25, 0.3) is 11.3 Å². The monoisotopic (exact) mass is 284 g/mol. The third kappa shape index (κ3) is 2.89. The zero-order chi connectivity index (χ0) is 13.3. The van der Waals surface area contributed by atoms with Crippen LogP contribution < -0.4 is 0 Å². The maximum atomic E-state index is 9.31. The minimum atomic E-state index is -0.430. The fraction of sp³-hybridized carbons (Fsp3) is 0.286. The summed E-state index contributed by atoms with van der Waals surface area (Å²) < 4.78 is 5.65. The highest BCUT2D eigenvalue weighted by Crippen LogP contribution is 2.33. The van der Waals surface area contributed by atoms with E-state index in [0.29, 0.717) is 22.2 Å². The summed E-state index contributed by atoms with van der Waals surface area (Å²) in [6.07, 6.45) is 0.0538. The number of rotatable bonds is 3. The van der Waals surface area contributed by atoms with Gasteiger partial charge in [-0.1, -0.05) is 23.2 Å². The SMILES string of the molecule is Cc1cc(Cl)c(-c2ccc(CC(C)O)o2)cc1Cl. The Morgan fingerprint density at radius 2 is 1.94 bits per heavy atom. The van der Waals surface area contributed by atoms with E-state index < -0.39 is 6.10 Å². The predicted molar refractivity (Wildman–Crippen MR) is 74.3 cm³/mol. The first-order valence-electron chi connectivity index (χ1n) is 5.70. The van der Waals surface area contributed by atoms with Crippen LogP contribution in [0.5, 0.6) is 0 Å². The Hall–Kier alpha value is -0.960. The molecule has 2 aromatic rings. The fourth-order valence-corrected chi connectivity index (χ4v) is 2.23. The lowest BCUT2D eigenvalue weighted by molar-refractivity contribution is 0.187. The normalized spacial score (nSPS) is 12.7. The van der Waals surface area contributed by atoms with E-state index in [-0.39, 0.29) is 0 Å². The Morgan fingerprint density at radius 3 is 2.61 bits per heavy atom. The van der Waals surface area contributed by atoms with Gasteiger partial charge in [-0.2, -0.15) is 0 Å². The third-order valence-electron chi connectivity index (χ3n) is 2.67. The number of furan rings is 1. The Labute approximate surface area is 116 Å². The predicted octanol–water partition coefficient (Wildman–Crippen LogP) is 4.49. The van der Waals surface area contributed by atoms with Crippen molar-refractivity contribution in [3.05, 3.63) is 45.6 Å². The van der Waals surface area contributed by atoms with Gasteiger partial charge in [0.25, 0.3) is 0 Å². The molecule has 2 nitrogen and oxygen atoms in total. The van der Waals surface area contributed by atoms with Crippen LogP contribution in [0.4, 0.5) is 0 Å². The highest BCUT2D eigenvalue weighted by molar-refractivity contribution is 6.35. The molecule has 0 spiro atoms. The molecule has 1 N–H and O–H groups in total. The third-order valence-corrected chi connectivity index (χ3v) is 3.39. The summed E-state index contributed by atoms with van der Waals surface area (Å²) in [4.78, 5) is 0. The van der Waals surface area contributed by atoms with Gasteiger partial charge in [-0.15, -0.1) is 0 Å².